The number of hydrogen-bond donors (Lipinski definition) is 2. The normalized spacial score (nSPS) is 10.6. The fourth-order valence-corrected chi connectivity index (χ4v) is 2.75. The molecule has 0 aliphatic rings. The number of nitrogens with one attached hydrogen (secondary N) is 2. The van der Waals surface area contributed by atoms with E-state index in [1.54, 1.807) is 12.5 Å². The van der Waals surface area contributed by atoms with Gasteiger partial charge < -0.3 is 10.3 Å². The lowest BCUT2D eigenvalue weighted by Crippen LogP contribution is -2.04. The number of benzene rings is 2. The summed E-state index contributed by atoms with van der Waals surface area (Å²) < 4.78 is 0. The molecule has 1 heterocycles. The van der Waals surface area contributed by atoms with Crippen LogP contribution in [0.4, 0.5) is 5.69 Å². The zero-order chi connectivity index (χ0) is 15.4. The Kier molecular flexibility index (Phi) is 4.66. The lowest BCUT2D eigenvalue weighted by atomic mass is 10.0. The molecule has 3 nitrogen and oxygen atoms in total. The van der Waals surface area contributed by atoms with Crippen molar-refractivity contribution in [2.45, 2.75) is 13.0 Å². The van der Waals surface area contributed by atoms with Crippen molar-refractivity contribution in [1.29, 1.82) is 0 Å². The second kappa shape index (κ2) is 6.86. The molecule has 0 atom stereocenters. The zero-order valence-corrected chi connectivity index (χ0v) is 13.3. The average Bonchev–Trinajstić information content (AvgIpc) is 3.03. The van der Waals surface area contributed by atoms with Crippen LogP contribution >= 0.6 is 23.2 Å². The molecule has 0 fully saturated rings. The summed E-state index contributed by atoms with van der Waals surface area (Å²) >= 11 is 12.6. The topological polar surface area (TPSA) is 40.7 Å². The Morgan fingerprint density at radius 2 is 1.82 bits per heavy atom. The van der Waals surface area contributed by atoms with Crippen LogP contribution in [-0.2, 0) is 13.0 Å². The van der Waals surface area contributed by atoms with Crippen LogP contribution < -0.4 is 5.32 Å². The summed E-state index contributed by atoms with van der Waals surface area (Å²) in [4.78, 5) is 7.09. The Balaban J connectivity index is 1.85. The van der Waals surface area contributed by atoms with Crippen molar-refractivity contribution in [3.63, 3.8) is 0 Å². The lowest BCUT2D eigenvalue weighted by Gasteiger charge is -2.14. The van der Waals surface area contributed by atoms with Gasteiger partial charge >= 0.3 is 0 Å². The Morgan fingerprint density at radius 1 is 1.00 bits per heavy atom. The lowest BCUT2D eigenvalue weighted by molar-refractivity contribution is 1.06. The van der Waals surface area contributed by atoms with Crippen LogP contribution in [0, 0.1) is 0 Å². The van der Waals surface area contributed by atoms with E-state index in [-0.39, 0.29) is 0 Å². The third kappa shape index (κ3) is 3.43. The van der Waals surface area contributed by atoms with Gasteiger partial charge in [0, 0.05) is 28.4 Å². The number of nitrogens with zero attached hydrogens (tertiary/aromatic N) is 1. The van der Waals surface area contributed by atoms with Gasteiger partial charge in [-0.05, 0) is 29.3 Å². The largest absolute Gasteiger partial charge is 0.379 e. The molecule has 112 valence electrons. The summed E-state index contributed by atoms with van der Waals surface area (Å²) in [5.41, 5.74) is 4.12. The predicted molar refractivity (Wildman–Crippen MR) is 91.6 cm³/mol. The number of aromatic amines is 1. The van der Waals surface area contributed by atoms with Gasteiger partial charge in [-0.25, -0.2) is 4.98 Å². The fraction of sp³-hybridized carbons (Fsp3) is 0.118. The van der Waals surface area contributed by atoms with E-state index >= 15 is 0 Å². The molecule has 0 aliphatic heterocycles. The summed E-state index contributed by atoms with van der Waals surface area (Å²) in [6.07, 6.45) is 4.15. The molecule has 0 spiro atoms. The maximum Gasteiger partial charge on any atom is 0.0922 e. The Hall–Kier alpha value is -1.97. The van der Waals surface area contributed by atoms with Crippen molar-refractivity contribution in [2.24, 2.45) is 0 Å². The average molecular weight is 332 g/mol. The van der Waals surface area contributed by atoms with Crippen molar-refractivity contribution < 1.29 is 0 Å². The van der Waals surface area contributed by atoms with E-state index in [4.69, 9.17) is 23.2 Å². The second-order valence-electron chi connectivity index (χ2n) is 4.96. The van der Waals surface area contributed by atoms with Crippen molar-refractivity contribution in [3.8, 4) is 0 Å². The number of aromatic nitrogens is 2. The van der Waals surface area contributed by atoms with E-state index in [0.717, 1.165) is 32.6 Å². The van der Waals surface area contributed by atoms with E-state index in [0.29, 0.717) is 13.0 Å². The summed E-state index contributed by atoms with van der Waals surface area (Å²) in [7, 11) is 0. The molecule has 22 heavy (non-hydrogen) atoms. The number of H-pyrrole nitrogens is 1. The first-order chi connectivity index (χ1) is 10.7. The molecule has 0 radical (unpaired) electrons. The number of anilines is 1. The van der Waals surface area contributed by atoms with Crippen LogP contribution in [0.1, 0.15) is 16.8 Å². The van der Waals surface area contributed by atoms with Gasteiger partial charge in [-0.3, -0.25) is 0 Å². The number of rotatable bonds is 5. The Labute approximate surface area is 139 Å². The van der Waals surface area contributed by atoms with Gasteiger partial charge in [-0.15, -0.1) is 0 Å². The van der Waals surface area contributed by atoms with Crippen LogP contribution in [-0.4, -0.2) is 9.97 Å². The van der Waals surface area contributed by atoms with Crippen molar-refractivity contribution in [3.05, 3.63) is 81.9 Å². The van der Waals surface area contributed by atoms with Gasteiger partial charge in [-0.2, -0.15) is 0 Å². The molecule has 0 amide bonds. The van der Waals surface area contributed by atoms with E-state index in [2.05, 4.69) is 15.3 Å². The van der Waals surface area contributed by atoms with Gasteiger partial charge in [0.05, 0.1) is 18.6 Å². The molecule has 1 aromatic heterocycles. The minimum absolute atomic E-state index is 0.663. The summed E-state index contributed by atoms with van der Waals surface area (Å²) in [6, 6.07) is 13.7. The summed E-state index contributed by atoms with van der Waals surface area (Å²) in [5, 5.41) is 4.88. The third-order valence-electron chi connectivity index (χ3n) is 3.47. The van der Waals surface area contributed by atoms with E-state index < -0.39 is 0 Å². The maximum absolute atomic E-state index is 6.39. The molecule has 0 unspecified atom stereocenters. The summed E-state index contributed by atoms with van der Waals surface area (Å²) in [6.45, 7) is 0.663. The third-order valence-corrected chi connectivity index (χ3v) is 4.19. The fourth-order valence-electron chi connectivity index (χ4n) is 2.31. The summed E-state index contributed by atoms with van der Waals surface area (Å²) in [5.74, 6) is 0. The highest BCUT2D eigenvalue weighted by molar-refractivity contribution is 6.32. The second-order valence-corrected chi connectivity index (χ2v) is 5.78. The highest BCUT2D eigenvalue weighted by Gasteiger charge is 2.10. The van der Waals surface area contributed by atoms with E-state index in [1.807, 2.05) is 42.5 Å². The van der Waals surface area contributed by atoms with Crippen molar-refractivity contribution >= 4 is 28.9 Å². The molecule has 0 bridgehead atoms. The number of hydrogen-bond acceptors (Lipinski definition) is 2. The van der Waals surface area contributed by atoms with E-state index in [9.17, 15) is 0 Å². The van der Waals surface area contributed by atoms with Crippen LogP contribution in [0.5, 0.6) is 0 Å². The maximum atomic E-state index is 6.39. The Bertz CT molecular complexity index is 754. The number of imidazole rings is 1. The highest BCUT2D eigenvalue weighted by atomic mass is 35.5. The van der Waals surface area contributed by atoms with Gasteiger partial charge in [0.25, 0.3) is 0 Å². The molecule has 0 aliphatic carbocycles. The first-order valence-electron chi connectivity index (χ1n) is 6.96. The van der Waals surface area contributed by atoms with Crippen molar-refractivity contribution in [2.75, 3.05) is 5.32 Å². The van der Waals surface area contributed by atoms with Gasteiger partial charge in [-0.1, -0.05) is 47.5 Å². The zero-order valence-electron chi connectivity index (χ0n) is 11.8. The van der Waals surface area contributed by atoms with Crippen LogP contribution in [0.15, 0.2) is 55.0 Å². The molecule has 3 rings (SSSR count). The molecule has 5 heteroatoms. The van der Waals surface area contributed by atoms with Gasteiger partial charge in [0.1, 0.15) is 0 Å². The SMILES string of the molecule is Clc1ccccc1Cc1c(Cl)cccc1NCc1cnc[nH]1. The van der Waals surface area contributed by atoms with Crippen LogP contribution in [0.25, 0.3) is 0 Å². The Morgan fingerprint density at radius 3 is 2.59 bits per heavy atom. The minimum Gasteiger partial charge on any atom is -0.379 e. The highest BCUT2D eigenvalue weighted by Crippen LogP contribution is 2.29. The first-order valence-corrected chi connectivity index (χ1v) is 7.71. The number of halogens is 2. The molecular weight excluding hydrogens is 317 g/mol. The monoisotopic (exact) mass is 331 g/mol. The quantitative estimate of drug-likeness (QED) is 0.696. The first kappa shape index (κ1) is 14.9. The predicted octanol–water partition coefficient (Wildman–Crippen LogP) is 4.92. The molecular formula is C17H15Cl2N3. The molecule has 2 N–H and O–H groups in total. The van der Waals surface area contributed by atoms with Crippen LogP contribution in [0.3, 0.4) is 0 Å². The van der Waals surface area contributed by atoms with Gasteiger partial charge in [0.15, 0.2) is 0 Å². The van der Waals surface area contributed by atoms with E-state index in [1.165, 1.54) is 0 Å². The standard InChI is InChI=1S/C17H15Cl2N3/c18-15-5-2-1-4-12(15)8-14-16(19)6-3-7-17(14)21-10-13-9-20-11-22-13/h1-7,9,11,21H,8,10H2,(H,20,22). The van der Waals surface area contributed by atoms with Crippen LogP contribution in [0.2, 0.25) is 10.0 Å². The molecule has 3 aromatic rings. The molecule has 0 saturated carbocycles. The van der Waals surface area contributed by atoms with Gasteiger partial charge in [0.2, 0.25) is 0 Å². The smallest absolute Gasteiger partial charge is 0.0922 e. The van der Waals surface area contributed by atoms with Crippen molar-refractivity contribution in [1.82, 2.24) is 9.97 Å². The molecule has 2 aromatic carbocycles. The minimum atomic E-state index is 0.663. The molecule has 0 saturated heterocycles.